The first-order valence-electron chi connectivity index (χ1n) is 6.88. The minimum atomic E-state index is -3.45. The highest BCUT2D eigenvalue weighted by Gasteiger charge is 2.32. The summed E-state index contributed by atoms with van der Waals surface area (Å²) < 4.78 is 31.7. The Labute approximate surface area is 124 Å². The first kappa shape index (κ1) is 15.8. The Hall–Kier alpha value is -1.60. The van der Waals surface area contributed by atoms with Gasteiger partial charge in [0.15, 0.2) is 0 Å². The van der Waals surface area contributed by atoms with E-state index >= 15 is 0 Å². The molecule has 1 N–H and O–H groups in total. The number of rotatable bonds is 6. The average Bonchev–Trinajstić information content (AvgIpc) is 2.86. The van der Waals surface area contributed by atoms with Crippen LogP contribution in [-0.4, -0.2) is 43.0 Å². The smallest absolute Gasteiger partial charge is 0.306 e. The normalized spacial score (nSPS) is 19.6. The predicted octanol–water partition coefficient (Wildman–Crippen LogP) is 1.71. The van der Waals surface area contributed by atoms with Crippen LogP contribution in [0.1, 0.15) is 26.2 Å². The Kier molecular flexibility index (Phi) is 4.84. The molecule has 2 rings (SSSR count). The lowest BCUT2D eigenvalue weighted by Crippen LogP contribution is -2.33. The molecular formula is C14H19NO5S. The number of benzene rings is 1. The number of ether oxygens (including phenoxy) is 1. The summed E-state index contributed by atoms with van der Waals surface area (Å²) in [5.41, 5.74) is 0. The number of carbonyl (C=O) groups is 1. The van der Waals surface area contributed by atoms with Crippen molar-refractivity contribution >= 4 is 16.0 Å². The maximum atomic E-state index is 12.5. The van der Waals surface area contributed by atoms with Crippen LogP contribution in [-0.2, 0) is 14.8 Å². The van der Waals surface area contributed by atoms with E-state index in [9.17, 15) is 13.2 Å². The van der Waals surface area contributed by atoms with Crippen LogP contribution < -0.4 is 4.74 Å². The number of aliphatic carboxylic acids is 1. The molecule has 6 nitrogen and oxygen atoms in total. The van der Waals surface area contributed by atoms with E-state index in [4.69, 9.17) is 9.84 Å². The van der Waals surface area contributed by atoms with Crippen LogP contribution in [0, 0.1) is 0 Å². The Balaban J connectivity index is 2.06. The van der Waals surface area contributed by atoms with Gasteiger partial charge in [0, 0.05) is 12.6 Å². The van der Waals surface area contributed by atoms with Crippen LogP contribution in [0.25, 0.3) is 0 Å². The lowest BCUT2D eigenvalue weighted by Gasteiger charge is -2.21. The molecule has 7 heteroatoms. The lowest BCUT2D eigenvalue weighted by molar-refractivity contribution is -0.137. The van der Waals surface area contributed by atoms with E-state index in [0.717, 1.165) is 12.8 Å². The summed E-state index contributed by atoms with van der Waals surface area (Å²) in [5.74, 6) is -0.470. The van der Waals surface area contributed by atoms with Crippen LogP contribution >= 0.6 is 0 Å². The van der Waals surface area contributed by atoms with Gasteiger partial charge in [-0.2, -0.15) is 4.31 Å². The Morgan fingerprint density at radius 2 is 2.05 bits per heavy atom. The number of carboxylic acid groups (broad SMARTS) is 1. The largest absolute Gasteiger partial charge is 0.493 e. The summed E-state index contributed by atoms with van der Waals surface area (Å²) in [4.78, 5) is 10.6. The Bertz CT molecular complexity index is 596. The van der Waals surface area contributed by atoms with E-state index in [2.05, 4.69) is 0 Å². The van der Waals surface area contributed by atoms with Crippen molar-refractivity contribution in [1.29, 1.82) is 0 Å². The summed E-state index contributed by atoms with van der Waals surface area (Å²) in [6, 6.07) is 6.12. The van der Waals surface area contributed by atoms with Crippen LogP contribution in [0.5, 0.6) is 5.75 Å². The summed E-state index contributed by atoms with van der Waals surface area (Å²) in [5, 5.41) is 8.52. The molecule has 0 aromatic heterocycles. The van der Waals surface area contributed by atoms with Gasteiger partial charge in [-0.15, -0.1) is 0 Å². The van der Waals surface area contributed by atoms with Gasteiger partial charge in [-0.1, -0.05) is 0 Å². The van der Waals surface area contributed by atoms with E-state index in [1.165, 1.54) is 16.4 Å². The minimum Gasteiger partial charge on any atom is -0.493 e. The van der Waals surface area contributed by atoms with Crippen molar-refractivity contribution in [2.24, 2.45) is 0 Å². The van der Waals surface area contributed by atoms with Crippen molar-refractivity contribution < 1.29 is 23.1 Å². The van der Waals surface area contributed by atoms with Gasteiger partial charge in [0.2, 0.25) is 10.0 Å². The van der Waals surface area contributed by atoms with Gasteiger partial charge in [0.25, 0.3) is 0 Å². The van der Waals surface area contributed by atoms with Crippen molar-refractivity contribution in [2.45, 2.75) is 37.1 Å². The zero-order chi connectivity index (χ0) is 15.5. The number of carboxylic acids is 1. The molecule has 1 heterocycles. The SMILES string of the molecule is CC1CCCN1S(=O)(=O)c1ccc(OCCC(=O)O)cc1. The van der Waals surface area contributed by atoms with Crippen LogP contribution in [0.2, 0.25) is 0 Å². The monoisotopic (exact) mass is 313 g/mol. The quantitative estimate of drug-likeness (QED) is 0.864. The first-order chi connectivity index (χ1) is 9.91. The summed E-state index contributed by atoms with van der Waals surface area (Å²) in [6.07, 6.45) is 1.68. The molecule has 21 heavy (non-hydrogen) atoms. The highest BCUT2D eigenvalue weighted by molar-refractivity contribution is 7.89. The molecule has 0 spiro atoms. The molecule has 1 aliphatic rings. The fourth-order valence-corrected chi connectivity index (χ4v) is 4.06. The molecule has 1 atom stereocenters. The maximum Gasteiger partial charge on any atom is 0.306 e. The van der Waals surface area contributed by atoms with Crippen LogP contribution in [0.4, 0.5) is 0 Å². The fourth-order valence-electron chi connectivity index (χ4n) is 2.36. The third kappa shape index (κ3) is 3.74. The minimum absolute atomic E-state index is 0.0292. The highest BCUT2D eigenvalue weighted by Crippen LogP contribution is 2.26. The first-order valence-corrected chi connectivity index (χ1v) is 8.32. The van der Waals surface area contributed by atoms with Gasteiger partial charge in [-0.3, -0.25) is 4.79 Å². The van der Waals surface area contributed by atoms with Gasteiger partial charge >= 0.3 is 5.97 Å². The molecule has 0 radical (unpaired) electrons. The van der Waals surface area contributed by atoms with Crippen molar-refractivity contribution in [1.82, 2.24) is 4.31 Å². The van der Waals surface area contributed by atoms with Gasteiger partial charge in [-0.25, -0.2) is 8.42 Å². The maximum absolute atomic E-state index is 12.5. The summed E-state index contributed by atoms with van der Waals surface area (Å²) in [6.45, 7) is 2.53. The van der Waals surface area contributed by atoms with E-state index < -0.39 is 16.0 Å². The number of sulfonamides is 1. The molecule has 1 aliphatic heterocycles. The molecule has 1 aromatic carbocycles. The van der Waals surface area contributed by atoms with E-state index in [-0.39, 0.29) is 24.0 Å². The average molecular weight is 313 g/mol. The van der Waals surface area contributed by atoms with Crippen molar-refractivity contribution in [2.75, 3.05) is 13.2 Å². The molecule has 0 bridgehead atoms. The number of hydrogen-bond acceptors (Lipinski definition) is 4. The second kappa shape index (κ2) is 6.44. The molecular weight excluding hydrogens is 294 g/mol. The zero-order valence-electron chi connectivity index (χ0n) is 11.9. The number of nitrogens with zero attached hydrogens (tertiary/aromatic N) is 1. The second-order valence-corrected chi connectivity index (χ2v) is 6.96. The van der Waals surface area contributed by atoms with Gasteiger partial charge in [0.1, 0.15) is 5.75 Å². The molecule has 0 saturated carbocycles. The zero-order valence-corrected chi connectivity index (χ0v) is 12.7. The van der Waals surface area contributed by atoms with Crippen LogP contribution in [0.15, 0.2) is 29.2 Å². The summed E-state index contributed by atoms with van der Waals surface area (Å²) in [7, 11) is -3.45. The molecule has 1 saturated heterocycles. The third-order valence-electron chi connectivity index (χ3n) is 3.51. The predicted molar refractivity (Wildman–Crippen MR) is 76.8 cm³/mol. The highest BCUT2D eigenvalue weighted by atomic mass is 32.2. The molecule has 1 unspecified atom stereocenters. The summed E-state index contributed by atoms with van der Waals surface area (Å²) >= 11 is 0. The molecule has 1 aromatic rings. The van der Waals surface area contributed by atoms with Crippen LogP contribution in [0.3, 0.4) is 0 Å². The van der Waals surface area contributed by atoms with Gasteiger partial charge in [-0.05, 0) is 44.0 Å². The van der Waals surface area contributed by atoms with E-state index in [1.807, 2.05) is 6.92 Å². The fraction of sp³-hybridized carbons (Fsp3) is 0.500. The standard InChI is InChI=1S/C14H19NO5S/c1-11-3-2-9-15(11)21(18,19)13-6-4-12(5-7-13)20-10-8-14(16)17/h4-7,11H,2-3,8-10H2,1H3,(H,16,17). The van der Waals surface area contributed by atoms with Gasteiger partial charge < -0.3 is 9.84 Å². The molecule has 116 valence electrons. The van der Waals surface area contributed by atoms with Gasteiger partial charge in [0.05, 0.1) is 17.9 Å². The second-order valence-electron chi connectivity index (χ2n) is 5.07. The Morgan fingerprint density at radius 3 is 2.57 bits per heavy atom. The molecule has 0 amide bonds. The molecule has 0 aliphatic carbocycles. The van der Waals surface area contributed by atoms with Crippen molar-refractivity contribution in [3.8, 4) is 5.75 Å². The van der Waals surface area contributed by atoms with E-state index in [1.54, 1.807) is 12.1 Å². The van der Waals surface area contributed by atoms with Crippen molar-refractivity contribution in [3.05, 3.63) is 24.3 Å². The van der Waals surface area contributed by atoms with Crippen molar-refractivity contribution in [3.63, 3.8) is 0 Å². The number of hydrogen-bond donors (Lipinski definition) is 1. The topological polar surface area (TPSA) is 83.9 Å². The third-order valence-corrected chi connectivity index (χ3v) is 5.53. The molecule has 1 fully saturated rings. The lowest BCUT2D eigenvalue weighted by atomic mass is 10.3. The van der Waals surface area contributed by atoms with E-state index in [0.29, 0.717) is 12.3 Å². The Morgan fingerprint density at radius 1 is 1.38 bits per heavy atom.